The number of hydrogen-bond donors (Lipinski definition) is 0. The highest BCUT2D eigenvalue weighted by atomic mass is 35.5. The first-order valence-corrected chi connectivity index (χ1v) is 8.60. The van der Waals surface area contributed by atoms with E-state index < -0.39 is 5.82 Å². The minimum absolute atomic E-state index is 0.0859. The summed E-state index contributed by atoms with van der Waals surface area (Å²) in [6, 6.07) is 14.8. The van der Waals surface area contributed by atoms with Gasteiger partial charge in [-0.05, 0) is 30.2 Å². The number of aryl methyl sites for hydroxylation is 2. The largest absolute Gasteiger partial charge is 0.234 e. The van der Waals surface area contributed by atoms with Gasteiger partial charge in [0.15, 0.2) is 5.82 Å². The highest BCUT2D eigenvalue weighted by Gasteiger charge is 2.14. The van der Waals surface area contributed by atoms with Gasteiger partial charge in [-0.25, -0.2) is 4.39 Å². The van der Waals surface area contributed by atoms with E-state index in [-0.39, 0.29) is 5.02 Å². The zero-order chi connectivity index (χ0) is 16.5. The summed E-state index contributed by atoms with van der Waals surface area (Å²) in [6.45, 7) is 0. The van der Waals surface area contributed by atoms with Crippen LogP contribution in [0.5, 0.6) is 0 Å². The second-order valence-electron chi connectivity index (χ2n) is 5.33. The van der Waals surface area contributed by atoms with Crippen LogP contribution in [0.15, 0.2) is 48.5 Å². The van der Waals surface area contributed by atoms with Gasteiger partial charge in [0, 0.05) is 12.0 Å². The van der Waals surface area contributed by atoms with Crippen LogP contribution in [0.1, 0.15) is 11.4 Å². The molecule has 0 fully saturated rings. The molecule has 0 amide bonds. The Morgan fingerprint density at radius 3 is 2.67 bits per heavy atom. The standard InChI is InChI=1S/C17H12ClFN4S/c18-13-10-12(7-8-14(13)19)16-22-23-15(20-21-17(23)24-16)9-6-11-4-2-1-3-5-11/h1-5,7-8,10H,6,9H2. The molecule has 2 heterocycles. The molecule has 120 valence electrons. The first-order valence-electron chi connectivity index (χ1n) is 7.41. The molecule has 0 N–H and O–H groups in total. The summed E-state index contributed by atoms with van der Waals surface area (Å²) >= 11 is 7.26. The lowest BCUT2D eigenvalue weighted by Crippen LogP contribution is -1.99. The number of aromatic nitrogens is 4. The fourth-order valence-electron chi connectivity index (χ4n) is 2.46. The number of hydrogen-bond acceptors (Lipinski definition) is 4. The normalized spacial score (nSPS) is 11.2. The number of fused-ring (bicyclic) bond motifs is 1. The third kappa shape index (κ3) is 2.90. The molecule has 0 bridgehead atoms. The molecule has 0 spiro atoms. The zero-order valence-electron chi connectivity index (χ0n) is 12.5. The molecule has 4 rings (SSSR count). The molecular weight excluding hydrogens is 347 g/mol. The van der Waals surface area contributed by atoms with Crippen LogP contribution in [0.4, 0.5) is 4.39 Å². The SMILES string of the molecule is Fc1ccc(-c2nn3c(CCc4ccccc4)nnc3s2)cc1Cl. The topological polar surface area (TPSA) is 43.1 Å². The maximum absolute atomic E-state index is 13.3. The predicted molar refractivity (Wildman–Crippen MR) is 92.9 cm³/mol. The monoisotopic (exact) mass is 358 g/mol. The average molecular weight is 359 g/mol. The summed E-state index contributed by atoms with van der Waals surface area (Å²) in [4.78, 5) is 0.716. The summed E-state index contributed by atoms with van der Waals surface area (Å²) in [5.74, 6) is 0.372. The number of nitrogens with zero attached hydrogens (tertiary/aromatic N) is 4. The van der Waals surface area contributed by atoms with Gasteiger partial charge in [0.25, 0.3) is 0 Å². The summed E-state index contributed by atoms with van der Waals surface area (Å²) in [7, 11) is 0. The highest BCUT2D eigenvalue weighted by Crippen LogP contribution is 2.28. The van der Waals surface area contributed by atoms with Crippen molar-refractivity contribution in [1.29, 1.82) is 0 Å². The predicted octanol–water partition coefficient (Wildman–Crippen LogP) is 4.43. The lowest BCUT2D eigenvalue weighted by molar-refractivity contribution is 0.628. The van der Waals surface area contributed by atoms with Crippen molar-refractivity contribution in [3.05, 3.63) is 70.8 Å². The Hall–Kier alpha value is -2.31. The van der Waals surface area contributed by atoms with Gasteiger partial charge in [0.2, 0.25) is 4.96 Å². The van der Waals surface area contributed by atoms with Crippen molar-refractivity contribution in [3.8, 4) is 10.6 Å². The van der Waals surface area contributed by atoms with Crippen LogP contribution < -0.4 is 0 Å². The van der Waals surface area contributed by atoms with Crippen LogP contribution >= 0.6 is 22.9 Å². The fraction of sp³-hybridized carbons (Fsp3) is 0.118. The van der Waals surface area contributed by atoms with E-state index in [1.165, 1.54) is 23.0 Å². The van der Waals surface area contributed by atoms with Crippen molar-refractivity contribution < 1.29 is 4.39 Å². The lowest BCUT2D eigenvalue weighted by atomic mass is 10.1. The molecule has 0 aliphatic rings. The molecule has 24 heavy (non-hydrogen) atoms. The maximum atomic E-state index is 13.3. The molecule has 0 atom stereocenters. The Labute approximate surface area is 146 Å². The van der Waals surface area contributed by atoms with Crippen LogP contribution in [0.2, 0.25) is 5.02 Å². The minimum atomic E-state index is -0.438. The summed E-state index contributed by atoms with van der Waals surface area (Å²) in [5.41, 5.74) is 2.01. The maximum Gasteiger partial charge on any atom is 0.234 e. The van der Waals surface area contributed by atoms with E-state index >= 15 is 0 Å². The molecule has 0 radical (unpaired) electrons. The molecule has 2 aromatic carbocycles. The van der Waals surface area contributed by atoms with Crippen LogP contribution in [0, 0.1) is 5.82 Å². The van der Waals surface area contributed by atoms with Gasteiger partial charge in [-0.15, -0.1) is 10.2 Å². The quantitative estimate of drug-likeness (QED) is 0.542. The van der Waals surface area contributed by atoms with E-state index in [2.05, 4.69) is 27.4 Å². The van der Waals surface area contributed by atoms with Crippen molar-refractivity contribution in [2.75, 3.05) is 0 Å². The molecule has 2 aromatic heterocycles. The van der Waals surface area contributed by atoms with Gasteiger partial charge in [-0.2, -0.15) is 9.61 Å². The van der Waals surface area contributed by atoms with E-state index in [0.29, 0.717) is 4.96 Å². The van der Waals surface area contributed by atoms with E-state index in [4.69, 9.17) is 11.6 Å². The van der Waals surface area contributed by atoms with Crippen LogP contribution in [0.25, 0.3) is 15.5 Å². The molecule has 4 aromatic rings. The second-order valence-corrected chi connectivity index (χ2v) is 6.70. The van der Waals surface area contributed by atoms with Gasteiger partial charge in [0.05, 0.1) is 5.02 Å². The Bertz CT molecular complexity index is 996. The van der Waals surface area contributed by atoms with Gasteiger partial charge in [-0.1, -0.05) is 53.3 Å². The fourth-order valence-corrected chi connectivity index (χ4v) is 3.50. The molecular formula is C17H12ClFN4S. The zero-order valence-corrected chi connectivity index (χ0v) is 14.1. The van der Waals surface area contributed by atoms with E-state index in [1.807, 2.05) is 18.2 Å². The Morgan fingerprint density at radius 2 is 1.88 bits per heavy atom. The van der Waals surface area contributed by atoms with Crippen molar-refractivity contribution >= 4 is 27.9 Å². The molecule has 0 saturated carbocycles. The third-order valence-corrected chi connectivity index (χ3v) is 4.94. The summed E-state index contributed by atoms with van der Waals surface area (Å²) < 4.78 is 15.1. The number of halogens is 2. The third-order valence-electron chi connectivity index (χ3n) is 3.70. The number of rotatable bonds is 4. The first kappa shape index (κ1) is 15.2. The summed E-state index contributed by atoms with van der Waals surface area (Å²) in [5, 5.41) is 13.8. The molecule has 0 saturated heterocycles. The molecule has 7 heteroatoms. The Morgan fingerprint density at radius 1 is 1.04 bits per heavy atom. The summed E-state index contributed by atoms with van der Waals surface area (Å²) in [6.07, 6.45) is 1.62. The van der Waals surface area contributed by atoms with Crippen molar-refractivity contribution in [2.45, 2.75) is 12.8 Å². The number of benzene rings is 2. The first-order chi connectivity index (χ1) is 11.7. The second kappa shape index (κ2) is 6.30. The van der Waals surface area contributed by atoms with Crippen LogP contribution in [-0.2, 0) is 12.8 Å². The van der Waals surface area contributed by atoms with Gasteiger partial charge < -0.3 is 0 Å². The van der Waals surface area contributed by atoms with Crippen LogP contribution in [0.3, 0.4) is 0 Å². The van der Waals surface area contributed by atoms with Crippen molar-refractivity contribution in [3.63, 3.8) is 0 Å². The molecule has 0 aliphatic carbocycles. The minimum Gasteiger partial charge on any atom is -0.205 e. The van der Waals surface area contributed by atoms with E-state index in [1.54, 1.807) is 16.6 Å². The average Bonchev–Trinajstić information content (AvgIpc) is 3.17. The van der Waals surface area contributed by atoms with Gasteiger partial charge in [0.1, 0.15) is 10.8 Å². The van der Waals surface area contributed by atoms with Gasteiger partial charge in [-0.3, -0.25) is 0 Å². The molecule has 0 unspecified atom stereocenters. The van der Waals surface area contributed by atoms with Crippen molar-refractivity contribution in [2.24, 2.45) is 0 Å². The molecule has 0 aliphatic heterocycles. The van der Waals surface area contributed by atoms with E-state index in [9.17, 15) is 4.39 Å². The van der Waals surface area contributed by atoms with Gasteiger partial charge >= 0.3 is 0 Å². The van der Waals surface area contributed by atoms with E-state index in [0.717, 1.165) is 29.2 Å². The molecule has 4 nitrogen and oxygen atoms in total. The van der Waals surface area contributed by atoms with Crippen molar-refractivity contribution in [1.82, 2.24) is 19.8 Å². The Kier molecular flexibility index (Phi) is 4.00. The highest BCUT2D eigenvalue weighted by molar-refractivity contribution is 7.19. The smallest absolute Gasteiger partial charge is 0.205 e. The lowest BCUT2D eigenvalue weighted by Gasteiger charge is -1.99. The van der Waals surface area contributed by atoms with Crippen LogP contribution in [-0.4, -0.2) is 19.8 Å². The Balaban J connectivity index is 1.62.